The molecule has 3 rings (SSSR count). The lowest BCUT2D eigenvalue weighted by Crippen LogP contribution is -2.31. The number of aliphatic hydroxyl groups is 1. The van der Waals surface area contributed by atoms with E-state index in [1.54, 1.807) is 6.07 Å². The third-order valence-corrected chi connectivity index (χ3v) is 4.54. The summed E-state index contributed by atoms with van der Waals surface area (Å²) in [4.78, 5) is 42.3. The first kappa shape index (κ1) is 21.1. The van der Waals surface area contributed by atoms with Gasteiger partial charge in [-0.3, -0.25) is 19.1 Å². The molecule has 0 radical (unpaired) electrons. The second-order valence-corrected chi connectivity index (χ2v) is 6.70. The van der Waals surface area contributed by atoms with Crippen LogP contribution in [0, 0.1) is 6.92 Å². The van der Waals surface area contributed by atoms with Crippen LogP contribution in [0.5, 0.6) is 5.75 Å². The van der Waals surface area contributed by atoms with Crippen LogP contribution < -0.4 is 21.3 Å². The number of methoxy groups -OCH3 is 1. The maximum absolute atomic E-state index is 12.4. The summed E-state index contributed by atoms with van der Waals surface area (Å²) in [5.41, 5.74) is -0.161. The van der Waals surface area contributed by atoms with Crippen molar-refractivity contribution in [3.63, 3.8) is 0 Å². The van der Waals surface area contributed by atoms with Crippen molar-refractivity contribution in [2.24, 2.45) is 7.05 Å². The zero-order valence-corrected chi connectivity index (χ0v) is 16.8. The zero-order valence-electron chi connectivity index (χ0n) is 16.8. The minimum atomic E-state index is -1.00. The van der Waals surface area contributed by atoms with Gasteiger partial charge < -0.3 is 24.5 Å². The molecule has 3 aromatic rings. The van der Waals surface area contributed by atoms with Crippen molar-refractivity contribution in [2.45, 2.75) is 19.6 Å². The van der Waals surface area contributed by atoms with Gasteiger partial charge in [0.05, 0.1) is 13.7 Å². The number of benzene rings is 1. The van der Waals surface area contributed by atoms with Gasteiger partial charge in [-0.05, 0) is 18.6 Å². The second-order valence-electron chi connectivity index (χ2n) is 6.70. The molecule has 3 N–H and O–H groups in total. The summed E-state index contributed by atoms with van der Waals surface area (Å²) in [5.74, 6) is 0.230. The van der Waals surface area contributed by atoms with E-state index in [0.29, 0.717) is 5.75 Å². The van der Waals surface area contributed by atoms with E-state index >= 15 is 0 Å². The van der Waals surface area contributed by atoms with E-state index < -0.39 is 23.3 Å². The Morgan fingerprint density at radius 2 is 2.07 bits per heavy atom. The molecule has 0 saturated carbocycles. The van der Waals surface area contributed by atoms with Crippen molar-refractivity contribution >= 4 is 23.1 Å². The molecular weight excluding hydrogens is 394 g/mol. The number of H-pyrrole nitrogens is 1. The Hall–Kier alpha value is -3.60. The summed E-state index contributed by atoms with van der Waals surface area (Å²) in [5, 5.41) is 13.3. The number of anilines is 1. The third-order valence-electron chi connectivity index (χ3n) is 4.54. The Balaban J connectivity index is 1.90. The summed E-state index contributed by atoms with van der Waals surface area (Å²) < 4.78 is 12.8. The summed E-state index contributed by atoms with van der Waals surface area (Å²) in [6, 6.07) is 7.39. The van der Waals surface area contributed by atoms with Gasteiger partial charge in [-0.25, -0.2) is 4.79 Å². The minimum Gasteiger partial charge on any atom is -0.491 e. The Kier molecular flexibility index (Phi) is 6.21. The quantitative estimate of drug-likeness (QED) is 0.427. The molecule has 0 aliphatic carbocycles. The molecule has 1 atom stereocenters. The summed E-state index contributed by atoms with van der Waals surface area (Å²) in [7, 11) is 2.70. The maximum atomic E-state index is 12.4. The highest BCUT2D eigenvalue weighted by atomic mass is 16.5. The number of carbonyl (C=O) groups is 1. The number of hydrogen-bond acceptors (Lipinski definition) is 8. The summed E-state index contributed by atoms with van der Waals surface area (Å²) >= 11 is 0. The average Bonchev–Trinajstić information content (AvgIpc) is 3.08. The highest BCUT2D eigenvalue weighted by Crippen LogP contribution is 2.18. The standard InChI is InChI=1S/C19H23N5O6/c1-11-6-4-5-7-13(11)30-10-12(25)9-24-15-16(23(2)19(28)22-17(15)27)21-18(24)20-8-14(26)29-3/h4-7,12,25H,8-10H2,1-3H3,(H,20,21)(H,22,27,28). The highest BCUT2D eigenvalue weighted by molar-refractivity contribution is 5.77. The van der Waals surface area contributed by atoms with Crippen molar-refractivity contribution in [3.05, 3.63) is 50.7 Å². The van der Waals surface area contributed by atoms with Crippen molar-refractivity contribution < 1.29 is 19.4 Å². The van der Waals surface area contributed by atoms with Gasteiger partial charge in [0.25, 0.3) is 5.56 Å². The lowest BCUT2D eigenvalue weighted by molar-refractivity contribution is -0.138. The fourth-order valence-electron chi connectivity index (χ4n) is 2.94. The largest absolute Gasteiger partial charge is 0.491 e. The van der Waals surface area contributed by atoms with E-state index in [1.807, 2.05) is 25.1 Å². The molecular formula is C19H23N5O6. The van der Waals surface area contributed by atoms with E-state index in [9.17, 15) is 19.5 Å². The van der Waals surface area contributed by atoms with Crippen LogP contribution in [0.3, 0.4) is 0 Å². The number of aromatic nitrogens is 4. The van der Waals surface area contributed by atoms with Crippen LogP contribution in [-0.4, -0.2) is 56.5 Å². The number of para-hydroxylation sites is 1. The van der Waals surface area contributed by atoms with E-state index in [2.05, 4.69) is 20.0 Å². The number of esters is 1. The molecule has 1 aromatic carbocycles. The van der Waals surface area contributed by atoms with Gasteiger partial charge in [0.15, 0.2) is 11.2 Å². The molecule has 0 fully saturated rings. The normalized spacial score (nSPS) is 12.0. The Labute approximate surface area is 170 Å². The molecule has 11 heteroatoms. The molecule has 0 aliphatic heterocycles. The molecule has 160 valence electrons. The number of aryl methyl sites for hydroxylation is 2. The van der Waals surface area contributed by atoms with Crippen molar-refractivity contribution in [1.29, 1.82) is 0 Å². The predicted molar refractivity (Wildman–Crippen MR) is 109 cm³/mol. The first-order valence-corrected chi connectivity index (χ1v) is 9.18. The van der Waals surface area contributed by atoms with E-state index in [4.69, 9.17) is 4.74 Å². The lowest BCUT2D eigenvalue weighted by atomic mass is 10.2. The molecule has 2 aromatic heterocycles. The van der Waals surface area contributed by atoms with Crippen molar-refractivity contribution in [2.75, 3.05) is 25.6 Å². The van der Waals surface area contributed by atoms with Crippen LogP contribution in [0.1, 0.15) is 5.56 Å². The monoisotopic (exact) mass is 417 g/mol. The molecule has 2 heterocycles. The number of nitrogens with zero attached hydrogens (tertiary/aromatic N) is 3. The number of nitrogens with one attached hydrogen (secondary N) is 2. The van der Waals surface area contributed by atoms with Crippen molar-refractivity contribution in [1.82, 2.24) is 19.1 Å². The SMILES string of the molecule is COC(=O)CNc1nc2c(c(=O)[nH]c(=O)n2C)n1CC(O)COc1ccccc1C. The van der Waals surface area contributed by atoms with Crippen LogP contribution in [-0.2, 0) is 23.1 Å². The molecule has 0 aliphatic rings. The number of ether oxygens (including phenoxy) is 2. The summed E-state index contributed by atoms with van der Waals surface area (Å²) in [6.07, 6.45) is -1.00. The van der Waals surface area contributed by atoms with E-state index in [0.717, 1.165) is 5.56 Å². The average molecular weight is 417 g/mol. The Morgan fingerprint density at radius 3 is 2.77 bits per heavy atom. The van der Waals surface area contributed by atoms with Crippen LogP contribution in [0.15, 0.2) is 33.9 Å². The van der Waals surface area contributed by atoms with Crippen LogP contribution >= 0.6 is 0 Å². The minimum absolute atomic E-state index is 0.0371. The van der Waals surface area contributed by atoms with E-state index in [-0.39, 0.29) is 36.8 Å². The van der Waals surface area contributed by atoms with Gasteiger partial charge in [0.2, 0.25) is 5.95 Å². The second kappa shape index (κ2) is 8.82. The van der Waals surface area contributed by atoms with Gasteiger partial charge in [0, 0.05) is 7.05 Å². The van der Waals surface area contributed by atoms with Gasteiger partial charge in [-0.15, -0.1) is 0 Å². The van der Waals surface area contributed by atoms with Crippen LogP contribution in [0.2, 0.25) is 0 Å². The molecule has 0 amide bonds. The van der Waals surface area contributed by atoms with Crippen LogP contribution in [0.4, 0.5) is 5.95 Å². The molecule has 0 saturated heterocycles. The van der Waals surface area contributed by atoms with Gasteiger partial charge >= 0.3 is 11.7 Å². The first-order valence-electron chi connectivity index (χ1n) is 9.18. The number of aromatic amines is 1. The topological polar surface area (TPSA) is 140 Å². The summed E-state index contributed by atoms with van der Waals surface area (Å²) in [6.45, 7) is 1.58. The predicted octanol–water partition coefficient (Wildman–Crippen LogP) is -0.243. The van der Waals surface area contributed by atoms with Crippen molar-refractivity contribution in [3.8, 4) is 5.75 Å². The fourth-order valence-corrected chi connectivity index (χ4v) is 2.94. The Morgan fingerprint density at radius 1 is 1.33 bits per heavy atom. The lowest BCUT2D eigenvalue weighted by Gasteiger charge is -2.16. The van der Waals surface area contributed by atoms with Gasteiger partial charge in [-0.1, -0.05) is 18.2 Å². The molecule has 1 unspecified atom stereocenters. The third kappa shape index (κ3) is 4.35. The molecule has 11 nitrogen and oxygen atoms in total. The first-order chi connectivity index (χ1) is 14.3. The maximum Gasteiger partial charge on any atom is 0.329 e. The number of aliphatic hydroxyl groups excluding tert-OH is 1. The molecule has 0 spiro atoms. The number of hydrogen-bond donors (Lipinski definition) is 3. The highest BCUT2D eigenvalue weighted by Gasteiger charge is 2.20. The smallest absolute Gasteiger partial charge is 0.329 e. The van der Waals surface area contributed by atoms with E-state index in [1.165, 1.54) is 23.3 Å². The Bertz CT molecular complexity index is 1180. The number of fused-ring (bicyclic) bond motifs is 1. The van der Waals surface area contributed by atoms with Gasteiger partial charge in [-0.2, -0.15) is 4.98 Å². The zero-order chi connectivity index (χ0) is 21.8. The van der Waals surface area contributed by atoms with Gasteiger partial charge in [0.1, 0.15) is 25.0 Å². The number of carbonyl (C=O) groups excluding carboxylic acids is 1. The number of imidazole rings is 1. The van der Waals surface area contributed by atoms with Crippen LogP contribution in [0.25, 0.3) is 11.2 Å². The number of rotatable bonds is 8. The molecule has 30 heavy (non-hydrogen) atoms. The molecule has 0 bridgehead atoms. The fraction of sp³-hybridized carbons (Fsp3) is 0.368.